The Morgan fingerprint density at radius 1 is 1.21 bits per heavy atom. The van der Waals surface area contributed by atoms with Crippen molar-refractivity contribution in [2.45, 2.75) is 51.6 Å². The fourth-order valence-electron chi connectivity index (χ4n) is 5.03. The standard InChI is InChI=1S/C26H30ClN3O2S/c1-2-32-15-7-13-28-26(31)30-17-21-20-10-3-4-12-23(20)33-25(21)29-14-6-11-22(29)24(30)18-8-5-9-19(27)16-18/h5-6,8-9,11,14,16,24H,2-4,7,10,12-13,15,17H2,1H3,(H,28,31)/t24-/m0/s1. The van der Waals surface area contributed by atoms with Gasteiger partial charge in [0, 0.05) is 41.4 Å². The summed E-state index contributed by atoms with van der Waals surface area (Å²) < 4.78 is 7.74. The van der Waals surface area contributed by atoms with Gasteiger partial charge in [0.05, 0.1) is 18.3 Å². The number of ether oxygens (including phenoxy) is 1. The molecule has 33 heavy (non-hydrogen) atoms. The van der Waals surface area contributed by atoms with E-state index in [0.29, 0.717) is 31.3 Å². The minimum atomic E-state index is -0.218. The number of carbonyl (C=O) groups is 1. The van der Waals surface area contributed by atoms with Gasteiger partial charge in [-0.2, -0.15) is 0 Å². The van der Waals surface area contributed by atoms with Crippen LogP contribution in [0.2, 0.25) is 5.02 Å². The van der Waals surface area contributed by atoms with Gasteiger partial charge in [-0.15, -0.1) is 11.3 Å². The van der Waals surface area contributed by atoms with Gasteiger partial charge in [-0.1, -0.05) is 23.7 Å². The summed E-state index contributed by atoms with van der Waals surface area (Å²) in [6, 6.07) is 11.8. The van der Waals surface area contributed by atoms with Gasteiger partial charge in [0.25, 0.3) is 0 Å². The molecule has 5 rings (SSSR count). The Bertz CT molecular complexity index is 1140. The van der Waals surface area contributed by atoms with Crippen LogP contribution in [0.3, 0.4) is 0 Å². The smallest absolute Gasteiger partial charge is 0.318 e. The van der Waals surface area contributed by atoms with Gasteiger partial charge in [-0.25, -0.2) is 4.79 Å². The van der Waals surface area contributed by atoms with Crippen molar-refractivity contribution in [3.05, 3.63) is 74.9 Å². The first-order valence-corrected chi connectivity index (χ1v) is 13.1. The average Bonchev–Trinajstić information content (AvgIpc) is 3.40. The average molecular weight is 484 g/mol. The lowest BCUT2D eigenvalue weighted by atomic mass is 9.95. The van der Waals surface area contributed by atoms with E-state index in [1.165, 1.54) is 33.8 Å². The third-order valence-corrected chi connectivity index (χ3v) is 8.12. The number of thiophene rings is 1. The second kappa shape index (κ2) is 9.92. The first-order chi connectivity index (χ1) is 16.2. The highest BCUT2D eigenvalue weighted by Crippen LogP contribution is 2.44. The van der Waals surface area contributed by atoms with Crippen molar-refractivity contribution in [3.63, 3.8) is 0 Å². The largest absolute Gasteiger partial charge is 0.382 e. The van der Waals surface area contributed by atoms with Gasteiger partial charge in [-0.3, -0.25) is 0 Å². The van der Waals surface area contributed by atoms with Gasteiger partial charge in [0.1, 0.15) is 5.00 Å². The van der Waals surface area contributed by atoms with E-state index in [9.17, 15) is 4.79 Å². The monoisotopic (exact) mass is 483 g/mol. The summed E-state index contributed by atoms with van der Waals surface area (Å²) in [5.41, 5.74) is 4.89. The molecule has 1 aliphatic heterocycles. The highest BCUT2D eigenvalue weighted by molar-refractivity contribution is 7.15. The number of aryl methyl sites for hydroxylation is 1. The van der Waals surface area contributed by atoms with Gasteiger partial charge in [-0.05, 0) is 74.4 Å². The molecular weight excluding hydrogens is 454 g/mol. The van der Waals surface area contributed by atoms with Crippen LogP contribution in [0.25, 0.3) is 5.00 Å². The molecule has 0 saturated carbocycles. The minimum absolute atomic E-state index is 0.0483. The van der Waals surface area contributed by atoms with E-state index in [1.54, 1.807) is 0 Å². The predicted molar refractivity (Wildman–Crippen MR) is 134 cm³/mol. The van der Waals surface area contributed by atoms with E-state index >= 15 is 0 Å². The van der Waals surface area contributed by atoms with Crippen molar-refractivity contribution in [1.82, 2.24) is 14.8 Å². The van der Waals surface area contributed by atoms with E-state index < -0.39 is 0 Å². The number of benzene rings is 1. The molecule has 1 atom stereocenters. The van der Waals surface area contributed by atoms with Crippen molar-refractivity contribution < 1.29 is 9.53 Å². The molecule has 2 amide bonds. The molecule has 7 heteroatoms. The molecule has 0 unspecified atom stereocenters. The van der Waals surface area contributed by atoms with Crippen molar-refractivity contribution in [2.75, 3.05) is 19.8 Å². The maximum absolute atomic E-state index is 13.6. The molecular formula is C26H30ClN3O2S. The molecule has 2 aliphatic rings. The number of nitrogens with zero attached hydrogens (tertiary/aromatic N) is 2. The van der Waals surface area contributed by atoms with Crippen LogP contribution < -0.4 is 5.32 Å². The van der Waals surface area contributed by atoms with Crippen LogP contribution in [0.5, 0.6) is 0 Å². The molecule has 1 aliphatic carbocycles. The van der Waals surface area contributed by atoms with Crippen molar-refractivity contribution in [2.24, 2.45) is 0 Å². The summed E-state index contributed by atoms with van der Waals surface area (Å²) in [5.74, 6) is 0. The van der Waals surface area contributed by atoms with Crippen LogP contribution in [-0.2, 0) is 24.1 Å². The molecule has 3 aromatic rings. The van der Waals surface area contributed by atoms with Crippen molar-refractivity contribution in [3.8, 4) is 5.00 Å². The number of carbonyl (C=O) groups excluding carboxylic acids is 1. The van der Waals surface area contributed by atoms with Crippen LogP contribution in [0, 0.1) is 0 Å². The topological polar surface area (TPSA) is 46.5 Å². The zero-order valence-corrected chi connectivity index (χ0v) is 20.6. The number of hydrogen-bond acceptors (Lipinski definition) is 3. The third-order valence-electron chi connectivity index (χ3n) is 6.55. The summed E-state index contributed by atoms with van der Waals surface area (Å²) >= 11 is 8.29. The Labute approximate surface area is 204 Å². The Morgan fingerprint density at radius 3 is 2.94 bits per heavy atom. The summed E-state index contributed by atoms with van der Waals surface area (Å²) in [4.78, 5) is 17.1. The first-order valence-electron chi connectivity index (χ1n) is 11.9. The molecule has 0 fully saturated rings. The molecule has 2 aromatic heterocycles. The van der Waals surface area contributed by atoms with Crippen molar-refractivity contribution in [1.29, 1.82) is 0 Å². The second-order valence-electron chi connectivity index (χ2n) is 8.67. The fraction of sp³-hybridized carbons (Fsp3) is 0.423. The Hall–Kier alpha value is -2.28. The minimum Gasteiger partial charge on any atom is -0.382 e. The zero-order valence-electron chi connectivity index (χ0n) is 19.0. The second-order valence-corrected chi connectivity index (χ2v) is 10.2. The lowest BCUT2D eigenvalue weighted by Crippen LogP contribution is -2.42. The molecule has 0 saturated heterocycles. The summed E-state index contributed by atoms with van der Waals surface area (Å²) in [5, 5.41) is 5.09. The molecule has 0 bridgehead atoms. The SMILES string of the molecule is CCOCCCNC(=O)N1Cc2c(sc3c2CCCC3)-n2cccc2[C@@H]1c1cccc(Cl)c1. The normalized spacial score (nSPS) is 17.2. The molecule has 3 heterocycles. The Balaban J connectivity index is 1.55. The van der Waals surface area contributed by atoms with Gasteiger partial charge in [0.15, 0.2) is 0 Å². The van der Waals surface area contributed by atoms with E-state index in [0.717, 1.165) is 30.5 Å². The molecule has 174 valence electrons. The number of aromatic nitrogens is 1. The maximum atomic E-state index is 13.6. The predicted octanol–water partition coefficient (Wildman–Crippen LogP) is 6.11. The number of amides is 2. The molecule has 1 aromatic carbocycles. The molecule has 0 radical (unpaired) electrons. The maximum Gasteiger partial charge on any atom is 0.318 e. The van der Waals surface area contributed by atoms with Crippen LogP contribution in [0.4, 0.5) is 4.79 Å². The molecule has 1 N–H and O–H groups in total. The van der Waals surface area contributed by atoms with Crippen LogP contribution >= 0.6 is 22.9 Å². The first kappa shape index (κ1) is 22.5. The molecule has 5 nitrogen and oxygen atoms in total. The van der Waals surface area contributed by atoms with Gasteiger partial charge >= 0.3 is 6.03 Å². The third kappa shape index (κ3) is 4.44. The fourth-order valence-corrected chi connectivity index (χ4v) is 6.63. The van der Waals surface area contributed by atoms with E-state index in [2.05, 4.69) is 34.3 Å². The Morgan fingerprint density at radius 2 is 2.09 bits per heavy atom. The number of rotatable bonds is 6. The summed E-state index contributed by atoms with van der Waals surface area (Å²) in [6.07, 6.45) is 7.65. The lowest BCUT2D eigenvalue weighted by Gasteiger charge is -2.31. The number of fused-ring (bicyclic) bond motifs is 5. The highest BCUT2D eigenvalue weighted by atomic mass is 35.5. The van der Waals surface area contributed by atoms with Crippen molar-refractivity contribution >= 4 is 29.0 Å². The van der Waals surface area contributed by atoms with Crippen LogP contribution in [-0.4, -0.2) is 35.3 Å². The number of halogens is 1. The van der Waals surface area contributed by atoms with Crippen LogP contribution in [0.15, 0.2) is 42.6 Å². The number of nitrogens with one attached hydrogen (secondary N) is 1. The van der Waals surface area contributed by atoms with E-state index in [-0.39, 0.29) is 12.1 Å². The quantitative estimate of drug-likeness (QED) is 0.430. The van der Waals surface area contributed by atoms with Gasteiger partial charge in [0.2, 0.25) is 0 Å². The van der Waals surface area contributed by atoms with E-state index in [1.807, 2.05) is 41.4 Å². The number of urea groups is 1. The lowest BCUT2D eigenvalue weighted by molar-refractivity contribution is 0.143. The Kier molecular flexibility index (Phi) is 6.76. The van der Waals surface area contributed by atoms with Gasteiger partial charge < -0.3 is 19.5 Å². The number of hydrogen-bond donors (Lipinski definition) is 1. The summed E-state index contributed by atoms with van der Waals surface area (Å²) in [7, 11) is 0. The van der Waals surface area contributed by atoms with E-state index in [4.69, 9.17) is 16.3 Å². The van der Waals surface area contributed by atoms with Crippen LogP contribution in [0.1, 0.15) is 59.5 Å². The zero-order chi connectivity index (χ0) is 22.8. The summed E-state index contributed by atoms with van der Waals surface area (Å²) in [6.45, 7) is 4.52. The molecule has 0 spiro atoms. The highest BCUT2D eigenvalue weighted by Gasteiger charge is 2.36.